The van der Waals surface area contributed by atoms with Crippen molar-refractivity contribution in [2.24, 2.45) is 0 Å². The Morgan fingerprint density at radius 2 is 2.10 bits per heavy atom. The van der Waals surface area contributed by atoms with Gasteiger partial charge in [-0.05, 0) is 18.2 Å². The summed E-state index contributed by atoms with van der Waals surface area (Å²) in [5.74, 6) is 0.169. The molecule has 4 nitrogen and oxygen atoms in total. The molecule has 1 aromatic carbocycles. The quantitative estimate of drug-likeness (QED) is 0.942. The molecule has 6 heteroatoms. The molecule has 2 aromatic rings. The van der Waals surface area contributed by atoms with Gasteiger partial charge in [-0.15, -0.1) is 0 Å². The molecular formula is C15H17ClFN3O. The van der Waals surface area contributed by atoms with Gasteiger partial charge < -0.3 is 14.7 Å². The van der Waals surface area contributed by atoms with Gasteiger partial charge in [0.1, 0.15) is 5.82 Å². The second kappa shape index (κ2) is 6.56. The van der Waals surface area contributed by atoms with E-state index in [1.165, 1.54) is 18.2 Å². The van der Waals surface area contributed by atoms with Gasteiger partial charge in [0.15, 0.2) is 5.76 Å². The van der Waals surface area contributed by atoms with E-state index in [1.54, 1.807) is 0 Å². The zero-order valence-electron chi connectivity index (χ0n) is 11.6. The Bertz CT molecular complexity index is 611. The molecule has 0 radical (unpaired) electrons. The van der Waals surface area contributed by atoms with Crippen LogP contribution in [0.25, 0.3) is 11.3 Å². The van der Waals surface area contributed by atoms with Crippen LogP contribution in [0.15, 0.2) is 28.8 Å². The van der Waals surface area contributed by atoms with Crippen LogP contribution < -0.4 is 5.32 Å². The monoisotopic (exact) mass is 309 g/mol. The van der Waals surface area contributed by atoms with Gasteiger partial charge in [0.2, 0.25) is 0 Å². The van der Waals surface area contributed by atoms with Crippen LogP contribution in [0.2, 0.25) is 5.02 Å². The van der Waals surface area contributed by atoms with E-state index in [2.05, 4.69) is 15.4 Å². The molecule has 1 aliphatic rings. The number of aromatic nitrogens is 1. The maximum absolute atomic E-state index is 13.3. The van der Waals surface area contributed by atoms with Crippen LogP contribution >= 0.6 is 11.6 Å². The van der Waals surface area contributed by atoms with Crippen LogP contribution in [-0.2, 0) is 6.42 Å². The average Bonchev–Trinajstić information content (AvgIpc) is 2.97. The van der Waals surface area contributed by atoms with E-state index in [1.807, 2.05) is 6.07 Å². The van der Waals surface area contributed by atoms with E-state index < -0.39 is 0 Å². The molecule has 0 aliphatic carbocycles. The molecule has 0 saturated carbocycles. The van der Waals surface area contributed by atoms with E-state index in [-0.39, 0.29) is 5.82 Å². The van der Waals surface area contributed by atoms with E-state index in [9.17, 15) is 4.39 Å². The fraction of sp³-hybridized carbons (Fsp3) is 0.400. The van der Waals surface area contributed by atoms with Gasteiger partial charge in [-0.25, -0.2) is 4.39 Å². The first-order valence-electron chi connectivity index (χ1n) is 7.06. The maximum Gasteiger partial charge on any atom is 0.168 e. The van der Waals surface area contributed by atoms with Crippen molar-refractivity contribution in [3.8, 4) is 11.3 Å². The van der Waals surface area contributed by atoms with Crippen molar-refractivity contribution in [2.75, 3.05) is 32.7 Å². The minimum absolute atomic E-state index is 0.340. The summed E-state index contributed by atoms with van der Waals surface area (Å²) in [6, 6.07) is 6.05. The number of nitrogens with zero attached hydrogens (tertiary/aromatic N) is 2. The van der Waals surface area contributed by atoms with E-state index in [0.717, 1.165) is 44.8 Å². The van der Waals surface area contributed by atoms with Crippen molar-refractivity contribution >= 4 is 11.6 Å². The molecule has 21 heavy (non-hydrogen) atoms. The molecule has 0 bridgehead atoms. The summed E-state index contributed by atoms with van der Waals surface area (Å²) in [5.41, 5.74) is 1.40. The fourth-order valence-corrected chi connectivity index (χ4v) is 2.66. The van der Waals surface area contributed by atoms with Crippen LogP contribution in [-0.4, -0.2) is 42.8 Å². The molecule has 2 heterocycles. The number of hydrogen-bond acceptors (Lipinski definition) is 4. The van der Waals surface area contributed by atoms with Crippen molar-refractivity contribution in [2.45, 2.75) is 6.42 Å². The lowest BCUT2D eigenvalue weighted by molar-refractivity contribution is 0.242. The molecule has 3 rings (SSSR count). The Kier molecular flexibility index (Phi) is 4.53. The topological polar surface area (TPSA) is 41.3 Å². The van der Waals surface area contributed by atoms with Gasteiger partial charge in [-0.1, -0.05) is 16.8 Å². The van der Waals surface area contributed by atoms with Crippen LogP contribution in [0.5, 0.6) is 0 Å². The average molecular weight is 310 g/mol. The van der Waals surface area contributed by atoms with Gasteiger partial charge in [0.25, 0.3) is 0 Å². The van der Waals surface area contributed by atoms with Crippen LogP contribution in [0.3, 0.4) is 0 Å². The highest BCUT2D eigenvalue weighted by Gasteiger charge is 2.13. The standard InChI is InChI=1S/C15H17ClFN3O/c16-14-2-1-11(17)9-13(14)15-10-12(19-21-15)3-6-20-7-4-18-5-8-20/h1-2,9-10,18H,3-8H2. The van der Waals surface area contributed by atoms with Crippen molar-refractivity contribution in [1.29, 1.82) is 0 Å². The first-order valence-corrected chi connectivity index (χ1v) is 7.44. The molecule has 0 amide bonds. The lowest BCUT2D eigenvalue weighted by atomic mass is 10.1. The lowest BCUT2D eigenvalue weighted by Crippen LogP contribution is -2.44. The summed E-state index contributed by atoms with van der Waals surface area (Å²) in [4.78, 5) is 2.39. The van der Waals surface area contributed by atoms with Gasteiger partial charge in [-0.2, -0.15) is 0 Å². The second-order valence-corrected chi connectivity index (χ2v) is 5.56. The zero-order valence-corrected chi connectivity index (χ0v) is 12.4. The zero-order chi connectivity index (χ0) is 14.7. The Hall–Kier alpha value is -1.43. The SMILES string of the molecule is Fc1ccc(Cl)c(-c2cc(CCN3CCNCC3)no2)c1. The lowest BCUT2D eigenvalue weighted by Gasteiger charge is -2.26. The molecule has 1 saturated heterocycles. The van der Waals surface area contributed by atoms with Crippen molar-refractivity contribution in [3.63, 3.8) is 0 Å². The third kappa shape index (κ3) is 3.61. The third-order valence-corrected chi connectivity index (χ3v) is 3.98. The van der Waals surface area contributed by atoms with E-state index >= 15 is 0 Å². The van der Waals surface area contributed by atoms with Crippen LogP contribution in [0.1, 0.15) is 5.69 Å². The summed E-state index contributed by atoms with van der Waals surface area (Å²) in [6.45, 7) is 5.12. The van der Waals surface area contributed by atoms with E-state index in [0.29, 0.717) is 16.3 Å². The van der Waals surface area contributed by atoms with Gasteiger partial charge in [-0.3, -0.25) is 0 Å². The molecule has 0 unspecified atom stereocenters. The van der Waals surface area contributed by atoms with Crippen LogP contribution in [0, 0.1) is 5.82 Å². The highest BCUT2D eigenvalue weighted by molar-refractivity contribution is 6.33. The largest absolute Gasteiger partial charge is 0.356 e. The summed E-state index contributed by atoms with van der Waals surface area (Å²) in [6.07, 6.45) is 0.816. The molecule has 1 fully saturated rings. The number of rotatable bonds is 4. The second-order valence-electron chi connectivity index (χ2n) is 5.15. The highest BCUT2D eigenvalue weighted by atomic mass is 35.5. The minimum atomic E-state index is -0.340. The fourth-order valence-electron chi connectivity index (χ4n) is 2.45. The van der Waals surface area contributed by atoms with Gasteiger partial charge in [0.05, 0.1) is 10.7 Å². The summed E-state index contributed by atoms with van der Waals surface area (Å²) in [7, 11) is 0. The Morgan fingerprint density at radius 3 is 2.90 bits per heavy atom. The molecule has 1 aliphatic heterocycles. The normalized spacial score (nSPS) is 16.3. The first-order chi connectivity index (χ1) is 10.2. The van der Waals surface area contributed by atoms with Crippen LogP contribution in [0.4, 0.5) is 4.39 Å². The third-order valence-electron chi connectivity index (χ3n) is 3.65. The molecule has 1 N–H and O–H groups in total. The number of benzene rings is 1. The van der Waals surface area contributed by atoms with Crippen molar-refractivity contribution in [3.05, 3.63) is 40.8 Å². The summed E-state index contributed by atoms with van der Waals surface area (Å²) < 4.78 is 18.6. The summed E-state index contributed by atoms with van der Waals surface area (Å²) >= 11 is 6.07. The number of halogens is 2. The minimum Gasteiger partial charge on any atom is -0.356 e. The predicted octanol–water partition coefficient (Wildman–Crippen LogP) is 2.58. The Balaban J connectivity index is 1.66. The van der Waals surface area contributed by atoms with Gasteiger partial charge >= 0.3 is 0 Å². The smallest absolute Gasteiger partial charge is 0.168 e. The highest BCUT2D eigenvalue weighted by Crippen LogP contribution is 2.29. The van der Waals surface area contributed by atoms with Crippen molar-refractivity contribution in [1.82, 2.24) is 15.4 Å². The molecular weight excluding hydrogens is 293 g/mol. The molecule has 1 aromatic heterocycles. The molecule has 0 atom stereocenters. The van der Waals surface area contributed by atoms with Crippen molar-refractivity contribution < 1.29 is 8.91 Å². The number of nitrogens with one attached hydrogen (secondary N) is 1. The summed E-state index contributed by atoms with van der Waals surface area (Å²) in [5, 5.41) is 7.83. The number of hydrogen-bond donors (Lipinski definition) is 1. The first kappa shape index (κ1) is 14.5. The van der Waals surface area contributed by atoms with Gasteiger partial charge in [0, 0.05) is 50.8 Å². The maximum atomic E-state index is 13.3. The van der Waals surface area contributed by atoms with E-state index in [4.69, 9.17) is 16.1 Å². The number of piperazine rings is 1. The molecule has 0 spiro atoms. The Labute approximate surface area is 127 Å². The Morgan fingerprint density at radius 1 is 1.29 bits per heavy atom. The predicted molar refractivity (Wildman–Crippen MR) is 79.9 cm³/mol. The molecule has 112 valence electrons.